The molecule has 66 valence electrons. The number of benzene rings is 1. The van der Waals surface area contributed by atoms with Crippen LogP contribution in [0.1, 0.15) is 10.4 Å². The summed E-state index contributed by atoms with van der Waals surface area (Å²) in [5.41, 5.74) is 7.00. The average Bonchev–Trinajstić information content (AvgIpc) is 2.47. The van der Waals surface area contributed by atoms with Crippen molar-refractivity contribution in [2.45, 2.75) is 0 Å². The van der Waals surface area contributed by atoms with Crippen LogP contribution < -0.4 is 5.73 Å². The van der Waals surface area contributed by atoms with Gasteiger partial charge in [-0.05, 0) is 34.7 Å². The smallest absolute Gasteiger partial charge is 0.151 e. The second-order valence-corrected chi connectivity index (χ2v) is 4.73. The minimum absolute atomic E-state index is 0.644. The van der Waals surface area contributed by atoms with E-state index in [0.717, 1.165) is 19.9 Å². The van der Waals surface area contributed by atoms with E-state index in [0.29, 0.717) is 11.3 Å². The summed E-state index contributed by atoms with van der Waals surface area (Å²) >= 11 is 3.82. The molecule has 0 saturated heterocycles. The molecule has 2 nitrogen and oxygen atoms in total. The molecule has 0 amide bonds. The van der Waals surface area contributed by atoms with Gasteiger partial charge in [0.15, 0.2) is 6.29 Å². The van der Waals surface area contributed by atoms with Gasteiger partial charge >= 0.3 is 0 Å². The molecular weight excluding hydrogens is 297 g/mol. The molecular formula is C9H6INOS. The number of anilines is 1. The molecule has 4 heteroatoms. The third-order valence-electron chi connectivity index (χ3n) is 1.80. The van der Waals surface area contributed by atoms with Crippen molar-refractivity contribution in [3.05, 3.63) is 26.6 Å². The number of nitrogen functional groups attached to an aromatic ring is 1. The summed E-state index contributed by atoms with van der Waals surface area (Å²) in [5, 5.41) is 3.10. The van der Waals surface area contributed by atoms with Crippen molar-refractivity contribution < 1.29 is 4.79 Å². The van der Waals surface area contributed by atoms with Crippen LogP contribution in [0.5, 0.6) is 0 Å². The van der Waals surface area contributed by atoms with E-state index in [1.54, 1.807) is 17.4 Å². The topological polar surface area (TPSA) is 43.1 Å². The zero-order valence-corrected chi connectivity index (χ0v) is 9.56. The van der Waals surface area contributed by atoms with E-state index in [1.165, 1.54) is 0 Å². The van der Waals surface area contributed by atoms with Crippen LogP contribution in [0, 0.1) is 3.57 Å². The molecule has 0 radical (unpaired) electrons. The first-order valence-corrected chi connectivity index (χ1v) is 5.59. The molecule has 13 heavy (non-hydrogen) atoms. The molecule has 0 aliphatic carbocycles. The summed E-state index contributed by atoms with van der Waals surface area (Å²) in [7, 11) is 0. The molecule has 1 heterocycles. The second kappa shape index (κ2) is 3.26. The van der Waals surface area contributed by atoms with Crippen LogP contribution in [0.15, 0.2) is 17.5 Å². The zero-order valence-electron chi connectivity index (χ0n) is 6.58. The number of hydrogen-bond donors (Lipinski definition) is 1. The Balaban J connectivity index is 2.91. The number of carbonyl (C=O) groups is 1. The van der Waals surface area contributed by atoms with Crippen molar-refractivity contribution in [1.29, 1.82) is 0 Å². The first kappa shape index (κ1) is 8.96. The highest BCUT2D eigenvalue weighted by atomic mass is 127. The summed E-state index contributed by atoms with van der Waals surface area (Å²) < 4.78 is 2.17. The van der Waals surface area contributed by atoms with Gasteiger partial charge in [0.2, 0.25) is 0 Å². The quantitative estimate of drug-likeness (QED) is 0.500. The van der Waals surface area contributed by atoms with Gasteiger partial charge < -0.3 is 5.73 Å². The van der Waals surface area contributed by atoms with E-state index < -0.39 is 0 Å². The van der Waals surface area contributed by atoms with Gasteiger partial charge in [0, 0.05) is 30.3 Å². The first-order valence-electron chi connectivity index (χ1n) is 3.64. The van der Waals surface area contributed by atoms with Gasteiger partial charge in [0.1, 0.15) is 0 Å². The van der Waals surface area contributed by atoms with Crippen molar-refractivity contribution in [1.82, 2.24) is 0 Å². The maximum atomic E-state index is 10.7. The van der Waals surface area contributed by atoms with Crippen molar-refractivity contribution in [3.8, 4) is 0 Å². The number of aldehydes is 1. The Labute approximate surface area is 92.9 Å². The highest BCUT2D eigenvalue weighted by Crippen LogP contribution is 2.31. The number of thiophene rings is 1. The summed E-state index contributed by atoms with van der Waals surface area (Å²) in [5.74, 6) is 0. The normalized spacial score (nSPS) is 10.5. The molecule has 0 atom stereocenters. The lowest BCUT2D eigenvalue weighted by Crippen LogP contribution is -1.88. The third kappa shape index (κ3) is 1.44. The lowest BCUT2D eigenvalue weighted by atomic mass is 10.1. The van der Waals surface area contributed by atoms with E-state index in [4.69, 9.17) is 5.73 Å². The van der Waals surface area contributed by atoms with Crippen LogP contribution in [-0.4, -0.2) is 6.29 Å². The Kier molecular flexibility index (Phi) is 2.25. The number of rotatable bonds is 1. The van der Waals surface area contributed by atoms with Crippen molar-refractivity contribution in [2.75, 3.05) is 5.73 Å². The minimum Gasteiger partial charge on any atom is -0.399 e. The monoisotopic (exact) mass is 303 g/mol. The fourth-order valence-corrected chi connectivity index (χ4v) is 3.12. The Bertz CT molecular complexity index is 478. The van der Waals surface area contributed by atoms with E-state index in [9.17, 15) is 4.79 Å². The number of carbonyl (C=O) groups excluding carboxylic acids is 1. The largest absolute Gasteiger partial charge is 0.399 e. The summed E-state index contributed by atoms with van der Waals surface area (Å²) in [4.78, 5) is 10.7. The van der Waals surface area contributed by atoms with Crippen LogP contribution in [0.4, 0.5) is 5.69 Å². The minimum atomic E-state index is 0.644. The Morgan fingerprint density at radius 2 is 2.23 bits per heavy atom. The SMILES string of the molecule is Nc1cc(C=O)c2scc(I)c2c1. The Morgan fingerprint density at radius 1 is 1.46 bits per heavy atom. The molecule has 0 spiro atoms. The van der Waals surface area contributed by atoms with Crippen LogP contribution >= 0.6 is 33.9 Å². The lowest BCUT2D eigenvalue weighted by Gasteiger charge is -1.97. The van der Waals surface area contributed by atoms with E-state index >= 15 is 0 Å². The van der Waals surface area contributed by atoms with Gasteiger partial charge in [0.25, 0.3) is 0 Å². The number of halogens is 1. The molecule has 0 fully saturated rings. The van der Waals surface area contributed by atoms with Gasteiger partial charge in [-0.25, -0.2) is 0 Å². The maximum absolute atomic E-state index is 10.7. The molecule has 2 rings (SSSR count). The van der Waals surface area contributed by atoms with Crippen LogP contribution in [0.2, 0.25) is 0 Å². The number of hydrogen-bond acceptors (Lipinski definition) is 3. The predicted molar refractivity (Wildman–Crippen MR) is 64.3 cm³/mol. The fourth-order valence-electron chi connectivity index (χ4n) is 1.25. The van der Waals surface area contributed by atoms with Crippen LogP contribution in [0.25, 0.3) is 10.1 Å². The van der Waals surface area contributed by atoms with Crippen molar-refractivity contribution >= 4 is 56.0 Å². The van der Waals surface area contributed by atoms with Crippen molar-refractivity contribution in [3.63, 3.8) is 0 Å². The van der Waals surface area contributed by atoms with E-state index in [-0.39, 0.29) is 0 Å². The van der Waals surface area contributed by atoms with Crippen molar-refractivity contribution in [2.24, 2.45) is 0 Å². The van der Waals surface area contributed by atoms with Crippen LogP contribution in [0.3, 0.4) is 0 Å². The highest BCUT2D eigenvalue weighted by molar-refractivity contribution is 14.1. The molecule has 0 saturated carbocycles. The van der Waals surface area contributed by atoms with Gasteiger partial charge in [-0.15, -0.1) is 11.3 Å². The Morgan fingerprint density at radius 3 is 2.92 bits per heavy atom. The highest BCUT2D eigenvalue weighted by Gasteiger charge is 2.06. The molecule has 1 aromatic carbocycles. The van der Waals surface area contributed by atoms with E-state index in [2.05, 4.69) is 22.6 Å². The van der Waals surface area contributed by atoms with Gasteiger partial charge in [-0.1, -0.05) is 0 Å². The summed E-state index contributed by atoms with van der Waals surface area (Å²) in [6.45, 7) is 0. The molecule has 2 N–H and O–H groups in total. The number of fused-ring (bicyclic) bond motifs is 1. The van der Waals surface area contributed by atoms with Gasteiger partial charge in [-0.3, -0.25) is 4.79 Å². The Hall–Kier alpha value is -0.620. The molecule has 2 aromatic rings. The molecule has 0 aliphatic heterocycles. The molecule has 0 unspecified atom stereocenters. The fraction of sp³-hybridized carbons (Fsp3) is 0. The first-order chi connectivity index (χ1) is 6.22. The number of nitrogens with two attached hydrogens (primary N) is 1. The standard InChI is InChI=1S/C9H6INOS/c10-8-4-13-9-5(3-12)1-6(11)2-7(8)9/h1-4H,11H2. The molecule has 1 aromatic heterocycles. The second-order valence-electron chi connectivity index (χ2n) is 2.69. The average molecular weight is 303 g/mol. The molecule has 0 bridgehead atoms. The van der Waals surface area contributed by atoms with Crippen LogP contribution in [-0.2, 0) is 0 Å². The third-order valence-corrected chi connectivity index (χ3v) is 4.16. The van der Waals surface area contributed by atoms with E-state index in [1.807, 2.05) is 11.4 Å². The zero-order chi connectivity index (χ0) is 9.42. The summed E-state index contributed by atoms with van der Waals surface area (Å²) in [6.07, 6.45) is 0.852. The summed E-state index contributed by atoms with van der Waals surface area (Å²) in [6, 6.07) is 3.61. The van der Waals surface area contributed by atoms with Gasteiger partial charge in [-0.2, -0.15) is 0 Å². The molecule has 0 aliphatic rings. The van der Waals surface area contributed by atoms with Gasteiger partial charge in [0.05, 0.1) is 0 Å². The maximum Gasteiger partial charge on any atom is 0.151 e. The lowest BCUT2D eigenvalue weighted by molar-refractivity contribution is 0.112. The predicted octanol–water partition coefficient (Wildman–Crippen LogP) is 2.90.